The molecule has 2 saturated heterocycles. The number of aromatic amines is 2. The van der Waals surface area contributed by atoms with E-state index in [1.165, 1.54) is 57.5 Å². The molecule has 4 heterocycles. The number of nitrogens with one attached hydrogen (secondary N) is 17. The van der Waals surface area contributed by atoms with Crippen molar-refractivity contribution in [3.8, 4) is 0 Å². The van der Waals surface area contributed by atoms with E-state index in [2.05, 4.69) is 96.3 Å². The van der Waals surface area contributed by atoms with Gasteiger partial charge in [-0.15, -0.1) is 0 Å². The summed E-state index contributed by atoms with van der Waals surface area (Å²) in [6, 6.07) is -3.94. The van der Waals surface area contributed by atoms with Gasteiger partial charge in [0.15, 0.2) is 5.96 Å². The molecule has 16 amide bonds. The van der Waals surface area contributed by atoms with Crippen molar-refractivity contribution < 1.29 is 102 Å². The lowest BCUT2D eigenvalue weighted by atomic mass is 10.0. The molecule has 4 aromatic rings. The van der Waals surface area contributed by atoms with Crippen molar-refractivity contribution in [3.63, 3.8) is 0 Å². The number of aliphatic carboxylic acids is 1. The number of primary amides is 2. The number of H-pyrrole nitrogens is 2. The first-order valence-electron chi connectivity index (χ1n) is 45.8. The first-order chi connectivity index (χ1) is 63.2. The molecule has 2 aromatic heterocycles. The Morgan fingerprint density at radius 3 is 1.81 bits per heavy atom. The number of aliphatic hydroxyl groups excluding tert-OH is 3. The number of benzene rings is 2. The maximum absolute atomic E-state index is 15.3. The van der Waals surface area contributed by atoms with Gasteiger partial charge in [-0.3, -0.25) is 86.9 Å². The summed E-state index contributed by atoms with van der Waals surface area (Å²) in [6.45, 7) is 2.47. The number of para-hydroxylation sites is 1. The normalized spacial score (nSPS) is 19.4. The van der Waals surface area contributed by atoms with Crippen LogP contribution in [0.1, 0.15) is 224 Å². The van der Waals surface area contributed by atoms with E-state index in [9.17, 15) is 87.5 Å². The van der Waals surface area contributed by atoms with E-state index in [-0.39, 0.29) is 95.4 Å². The molecule has 2 aliphatic rings. The summed E-state index contributed by atoms with van der Waals surface area (Å²) in [7, 11) is 0. The van der Waals surface area contributed by atoms with Crippen molar-refractivity contribution in [1.29, 1.82) is 5.41 Å². The van der Waals surface area contributed by atoms with Crippen molar-refractivity contribution in [1.82, 2.24) is 94.3 Å². The number of imidazole rings is 1. The van der Waals surface area contributed by atoms with Gasteiger partial charge in [0.25, 0.3) is 0 Å². The van der Waals surface area contributed by atoms with Crippen LogP contribution in [0.5, 0.6) is 0 Å². The average molecular weight is 1850 g/mol. The van der Waals surface area contributed by atoms with Gasteiger partial charge in [0.1, 0.15) is 72.5 Å². The Balaban J connectivity index is 1.19. The molecule has 0 bridgehead atoms. The fourth-order valence-electron chi connectivity index (χ4n) is 15.4. The Morgan fingerprint density at radius 1 is 0.583 bits per heavy atom. The molecule has 2 fully saturated rings. The highest BCUT2D eigenvalue weighted by Crippen LogP contribution is 2.24. The number of carbonyl (C=O) groups excluding carboxylic acids is 16. The Morgan fingerprint density at radius 2 is 1.17 bits per heavy atom. The topological polar surface area (TPSA) is 689 Å². The monoisotopic (exact) mass is 1850 g/mol. The first kappa shape index (κ1) is 108. The Kier molecular flexibility index (Phi) is 47.6. The molecular formula is C89H136N22O21. The van der Waals surface area contributed by atoms with E-state index in [1.54, 1.807) is 67.7 Å². The number of hydrogen-bond acceptors (Lipinski definition) is 22. The number of unbranched alkanes of at least 4 members (excludes halogenated alkanes) is 13. The van der Waals surface area contributed by atoms with E-state index >= 15 is 14.4 Å². The molecule has 0 saturated carbocycles. The van der Waals surface area contributed by atoms with Crippen molar-refractivity contribution in [3.05, 3.63) is 90.1 Å². The highest BCUT2D eigenvalue weighted by Gasteiger charge is 2.45. The van der Waals surface area contributed by atoms with Crippen LogP contribution in [0, 0.1) is 5.41 Å². The second-order valence-electron chi connectivity index (χ2n) is 33.6. The van der Waals surface area contributed by atoms with Crippen molar-refractivity contribution >= 4 is 117 Å². The standard InChI is InChI=1S/C89H136N22O21/c1-4-6-8-9-10-11-12-13-14-15-16-17-21-34-73(117)100-63(37-40-75(119)120)78(122)98-49-74(118)110-76(53(3)113)87(131)104-64(35-38-71(90)115)81(125)107-68(45-56-48-94-52-99-56)84(128)109-69(51-112)85(129)103-61(30-7-5-2)79(123)105-65-36-39-72(116)95-41-25-24-32-60(77(91)121)101-83(127)67(44-55-47-97-59-31-23-22-29-58(55)59)106-80(124)62(33-26-42-96-89(92)93)102-82(126)66(43-54-27-19-18-20-28-54)108-86(130)70-46-57(114)50-111(70)88(65)132/h18-20,22-23,27-29,31,47-48,52-53,57,60-70,76,97,112-114H,4-17,21,24-26,30,32-46,49-51H2,1-3H3,(H2,90,115)(H2,91,121)(H,94,99)(H,95,116)(H,98,122)(H,100,117)(H,101,127)(H,102,126)(H,103,129)(H,104,131)(H,105,123)(H,106,124)(H,107,125)(H,108,130)(H,109,128)(H,110,118)(H,119,120)(H4,92,93,96)/t53?,57?,60-,61-,62-,63?,64-,65-,66?,67-,68-,69-,70-,76-/m0/s1. The average Bonchev–Trinajstić information content (AvgIpc) is 1.66. The SMILES string of the molecule is CCCCCCCCCCCCCCCC(=O)NC(CCC(=O)O)C(=O)NCC(=O)N[C@H](C(=O)N[C@@H](CCC(N)=O)C(=O)N[C@@H](Cc1c[nH]cn1)C(=O)N[C@@H](CO)C(=O)N[C@@H](CCCC)C(=O)N[C@H]1CCC(=O)NCCCC[C@@H](C(N)=O)NC(=O)[C@H](Cc2c[nH]c3ccccc23)NC(=O)[C@H](CCCNC(=N)N)NC(=O)C(Cc2ccccc2)NC(=O)[C@@H]2CC(O)CN2C1=O)C(C)O. The third-order valence-corrected chi connectivity index (χ3v) is 22.8. The van der Waals surface area contributed by atoms with Crippen LogP contribution in [0.4, 0.5) is 0 Å². The molecule has 0 aliphatic carbocycles. The van der Waals surface area contributed by atoms with E-state index in [4.69, 9.17) is 22.6 Å². The summed E-state index contributed by atoms with van der Waals surface area (Å²) in [6.07, 6.45) is 11.6. The fraction of sp³-hybridized carbons (Fsp3) is 0.607. The number of carboxylic acids is 1. The molecule has 6 rings (SSSR count). The maximum atomic E-state index is 15.3. The van der Waals surface area contributed by atoms with Gasteiger partial charge in [-0.25, -0.2) is 4.98 Å². The lowest BCUT2D eigenvalue weighted by molar-refractivity contribution is -0.143. The van der Waals surface area contributed by atoms with Gasteiger partial charge in [-0.2, -0.15) is 0 Å². The number of carboxylic acid groups (broad SMARTS) is 1. The van der Waals surface area contributed by atoms with Crippen LogP contribution in [-0.4, -0.2) is 264 Å². The predicted molar refractivity (Wildman–Crippen MR) is 483 cm³/mol. The molecule has 27 N–H and O–H groups in total. The highest BCUT2D eigenvalue weighted by molar-refractivity contribution is 6.01. The molecule has 43 nitrogen and oxygen atoms in total. The van der Waals surface area contributed by atoms with Gasteiger partial charge in [0.05, 0.1) is 37.4 Å². The zero-order valence-corrected chi connectivity index (χ0v) is 75.5. The molecule has 43 heteroatoms. The van der Waals surface area contributed by atoms with Crippen molar-refractivity contribution in [2.75, 3.05) is 32.8 Å². The van der Waals surface area contributed by atoms with Crippen molar-refractivity contribution in [2.24, 2.45) is 17.2 Å². The smallest absolute Gasteiger partial charge is 0.303 e. The minimum atomic E-state index is -1.95. The van der Waals surface area contributed by atoms with Crippen LogP contribution in [0.25, 0.3) is 10.9 Å². The zero-order valence-electron chi connectivity index (χ0n) is 75.5. The number of nitrogens with two attached hydrogens (primary N) is 3. The number of aromatic nitrogens is 3. The van der Waals surface area contributed by atoms with E-state index in [0.717, 1.165) is 43.9 Å². The summed E-state index contributed by atoms with van der Waals surface area (Å²) < 4.78 is 0. The van der Waals surface area contributed by atoms with Gasteiger partial charge in [-0.05, 0) is 88.3 Å². The summed E-state index contributed by atoms with van der Waals surface area (Å²) in [5.74, 6) is -17.2. The van der Waals surface area contributed by atoms with Gasteiger partial charge < -0.3 is 127 Å². The summed E-state index contributed by atoms with van der Waals surface area (Å²) in [5.41, 5.74) is 18.9. The van der Waals surface area contributed by atoms with Gasteiger partial charge >= 0.3 is 5.97 Å². The predicted octanol–water partition coefficient (Wildman–Crippen LogP) is -1.67. The van der Waals surface area contributed by atoms with Crippen LogP contribution in [0.3, 0.4) is 0 Å². The van der Waals surface area contributed by atoms with E-state index in [1.807, 2.05) is 0 Å². The van der Waals surface area contributed by atoms with Gasteiger partial charge in [-0.1, -0.05) is 152 Å². The van der Waals surface area contributed by atoms with Gasteiger partial charge in [0, 0.05) is 94.3 Å². The number of amides is 16. The van der Waals surface area contributed by atoms with Crippen LogP contribution in [0.15, 0.2) is 73.3 Å². The van der Waals surface area contributed by atoms with Crippen LogP contribution >= 0.6 is 0 Å². The van der Waals surface area contributed by atoms with Gasteiger partial charge in [0.2, 0.25) is 94.5 Å². The molecule has 0 radical (unpaired) electrons. The zero-order chi connectivity index (χ0) is 96.6. The number of guanidine groups is 1. The molecule has 14 atom stereocenters. The lowest BCUT2D eigenvalue weighted by Crippen LogP contribution is -2.61. The number of hydrogen-bond donors (Lipinski definition) is 24. The minimum absolute atomic E-state index is 0.0326. The fourth-order valence-corrected chi connectivity index (χ4v) is 15.4. The minimum Gasteiger partial charge on any atom is -0.481 e. The lowest BCUT2D eigenvalue weighted by Gasteiger charge is -2.31. The largest absolute Gasteiger partial charge is 0.481 e. The summed E-state index contributed by atoms with van der Waals surface area (Å²) in [4.78, 5) is 249. The molecule has 132 heavy (non-hydrogen) atoms. The summed E-state index contributed by atoms with van der Waals surface area (Å²) in [5, 5.41) is 86.6. The third-order valence-electron chi connectivity index (χ3n) is 22.8. The Labute approximate surface area is 766 Å². The summed E-state index contributed by atoms with van der Waals surface area (Å²) >= 11 is 0. The number of fused-ring (bicyclic) bond motifs is 2. The number of nitrogens with zero attached hydrogens (tertiary/aromatic N) is 2. The molecule has 0 spiro atoms. The molecule has 728 valence electrons. The van der Waals surface area contributed by atoms with Crippen LogP contribution < -0.4 is 91.6 Å². The Bertz CT molecular complexity index is 4460. The first-order valence-corrected chi connectivity index (χ1v) is 45.8. The molecular weight excluding hydrogens is 1710 g/mol. The third kappa shape index (κ3) is 38.8. The Hall–Kier alpha value is -12.7. The van der Waals surface area contributed by atoms with Crippen molar-refractivity contribution in [2.45, 2.75) is 311 Å². The highest BCUT2D eigenvalue weighted by atomic mass is 16.4. The molecule has 2 aromatic carbocycles. The quantitative estimate of drug-likeness (QED) is 0.0134. The molecule has 2 aliphatic heterocycles. The number of aliphatic hydroxyl groups is 3. The van der Waals surface area contributed by atoms with E-state index < -0.39 is 250 Å². The number of carbonyl (C=O) groups is 17. The second-order valence-corrected chi connectivity index (χ2v) is 33.6. The van der Waals surface area contributed by atoms with E-state index in [0.29, 0.717) is 34.9 Å². The second kappa shape index (κ2) is 58.2. The van der Waals surface area contributed by atoms with Crippen LogP contribution in [0.2, 0.25) is 0 Å². The van der Waals surface area contributed by atoms with Crippen LogP contribution in [-0.2, 0) is 101 Å². The molecule has 4 unspecified atom stereocenters. The number of rotatable bonds is 51. The maximum Gasteiger partial charge on any atom is 0.303 e.